The van der Waals surface area contributed by atoms with Crippen LogP contribution < -0.4 is 0 Å². The fourth-order valence-electron chi connectivity index (χ4n) is 1.86. The molecule has 1 aromatic carbocycles. The van der Waals surface area contributed by atoms with E-state index in [1.54, 1.807) is 0 Å². The van der Waals surface area contributed by atoms with E-state index in [9.17, 15) is 14.0 Å². The van der Waals surface area contributed by atoms with E-state index in [4.69, 9.17) is 0 Å². The van der Waals surface area contributed by atoms with Crippen molar-refractivity contribution < 1.29 is 23.5 Å². The van der Waals surface area contributed by atoms with Gasteiger partial charge in [-0.05, 0) is 29.3 Å². The molecule has 0 bridgehead atoms. The molecule has 18 heavy (non-hydrogen) atoms. The predicted molar refractivity (Wildman–Crippen MR) is 60.8 cm³/mol. The van der Waals surface area contributed by atoms with Crippen molar-refractivity contribution in [3.8, 4) is 0 Å². The zero-order valence-electron chi connectivity index (χ0n) is 9.90. The van der Waals surface area contributed by atoms with Gasteiger partial charge in [-0.3, -0.25) is 9.59 Å². The van der Waals surface area contributed by atoms with Crippen LogP contribution >= 0.6 is 0 Å². The van der Waals surface area contributed by atoms with Gasteiger partial charge < -0.3 is 9.47 Å². The summed E-state index contributed by atoms with van der Waals surface area (Å²) in [6.07, 6.45) is 1.46. The van der Waals surface area contributed by atoms with Crippen molar-refractivity contribution in [2.24, 2.45) is 5.41 Å². The van der Waals surface area contributed by atoms with E-state index in [1.807, 2.05) is 0 Å². The monoisotopic (exact) mass is 250 g/mol. The number of ether oxygens (including phenoxy) is 2. The van der Waals surface area contributed by atoms with Crippen LogP contribution in [-0.4, -0.2) is 26.2 Å². The molecule has 0 unspecified atom stereocenters. The van der Waals surface area contributed by atoms with Gasteiger partial charge in [0, 0.05) is 0 Å². The van der Waals surface area contributed by atoms with Crippen molar-refractivity contribution in [1.82, 2.24) is 0 Å². The number of halogens is 1. The van der Waals surface area contributed by atoms with Crippen LogP contribution in [0.25, 0.3) is 5.57 Å². The van der Waals surface area contributed by atoms with E-state index in [2.05, 4.69) is 9.47 Å². The van der Waals surface area contributed by atoms with Crippen LogP contribution in [0, 0.1) is 11.2 Å². The van der Waals surface area contributed by atoms with E-state index in [-0.39, 0.29) is 5.82 Å². The zero-order chi connectivity index (χ0) is 13.3. The molecule has 0 saturated carbocycles. The molecule has 0 atom stereocenters. The first-order chi connectivity index (χ1) is 8.56. The zero-order valence-corrected chi connectivity index (χ0v) is 9.90. The topological polar surface area (TPSA) is 52.6 Å². The van der Waals surface area contributed by atoms with Crippen LogP contribution in [0.1, 0.15) is 5.56 Å². The average Bonchev–Trinajstić information content (AvgIpc) is 3.14. The van der Waals surface area contributed by atoms with Crippen LogP contribution in [0.5, 0.6) is 0 Å². The Balaban J connectivity index is 2.32. The second-order valence-electron chi connectivity index (χ2n) is 3.86. The highest BCUT2D eigenvalue weighted by Crippen LogP contribution is 2.52. The van der Waals surface area contributed by atoms with Crippen molar-refractivity contribution >= 4 is 17.5 Å². The number of esters is 2. The van der Waals surface area contributed by atoms with E-state index in [0.29, 0.717) is 11.1 Å². The number of rotatable bonds is 3. The summed E-state index contributed by atoms with van der Waals surface area (Å²) < 4.78 is 22.0. The molecule has 2 rings (SSSR count). The minimum atomic E-state index is -1.47. The van der Waals surface area contributed by atoms with Gasteiger partial charge in [-0.15, -0.1) is 0 Å². The molecule has 0 saturated heterocycles. The van der Waals surface area contributed by atoms with E-state index >= 15 is 0 Å². The highest BCUT2D eigenvalue weighted by atomic mass is 19.1. The van der Waals surface area contributed by atoms with Gasteiger partial charge in [0.05, 0.1) is 14.2 Å². The number of hydrogen-bond donors (Lipinski definition) is 0. The number of carbonyl (C=O) groups is 2. The van der Waals surface area contributed by atoms with Crippen molar-refractivity contribution in [3.63, 3.8) is 0 Å². The average molecular weight is 250 g/mol. The Morgan fingerprint density at radius 3 is 2.00 bits per heavy atom. The van der Waals surface area contributed by atoms with Crippen LogP contribution in [0.15, 0.2) is 30.3 Å². The van der Waals surface area contributed by atoms with Crippen LogP contribution in [0.2, 0.25) is 0 Å². The maximum atomic E-state index is 12.8. The second kappa shape index (κ2) is 4.25. The Morgan fingerprint density at radius 2 is 1.56 bits per heavy atom. The molecule has 4 nitrogen and oxygen atoms in total. The molecule has 0 spiro atoms. The Kier molecular flexibility index (Phi) is 2.90. The molecule has 0 amide bonds. The third-order valence-electron chi connectivity index (χ3n) is 2.87. The largest absolute Gasteiger partial charge is 0.468 e. The quantitative estimate of drug-likeness (QED) is 0.603. The van der Waals surface area contributed by atoms with Gasteiger partial charge in [0.15, 0.2) is 0 Å². The first-order valence-corrected chi connectivity index (χ1v) is 5.22. The summed E-state index contributed by atoms with van der Waals surface area (Å²) >= 11 is 0. The summed E-state index contributed by atoms with van der Waals surface area (Å²) in [5, 5.41) is 0. The van der Waals surface area contributed by atoms with Crippen LogP contribution in [0.3, 0.4) is 0 Å². The summed E-state index contributed by atoms with van der Waals surface area (Å²) in [7, 11) is 2.39. The molecule has 0 heterocycles. The lowest BCUT2D eigenvalue weighted by molar-refractivity contribution is -0.158. The first-order valence-electron chi connectivity index (χ1n) is 5.22. The minimum absolute atomic E-state index is 0.387. The maximum absolute atomic E-state index is 12.8. The van der Waals surface area contributed by atoms with Gasteiger partial charge in [0.25, 0.3) is 0 Å². The molecule has 1 aliphatic carbocycles. The molecule has 0 fully saturated rings. The molecule has 94 valence electrons. The third-order valence-corrected chi connectivity index (χ3v) is 2.87. The number of carbonyl (C=O) groups excluding carboxylic acids is 2. The Morgan fingerprint density at radius 1 is 1.06 bits per heavy atom. The summed E-state index contributed by atoms with van der Waals surface area (Å²) in [5.41, 5.74) is -0.408. The Bertz CT molecular complexity index is 514. The molecule has 5 heteroatoms. The van der Waals surface area contributed by atoms with Crippen molar-refractivity contribution in [1.29, 1.82) is 0 Å². The van der Waals surface area contributed by atoms with Gasteiger partial charge in [-0.1, -0.05) is 12.1 Å². The normalized spacial score (nSPS) is 15.6. The Hall–Kier alpha value is -2.17. The molecule has 0 radical (unpaired) electrons. The molecular formula is C13H11FO4. The number of benzene rings is 1. The number of methoxy groups -OCH3 is 2. The summed E-state index contributed by atoms with van der Waals surface area (Å²) in [5.74, 6) is -1.79. The smallest absolute Gasteiger partial charge is 0.331 e. The van der Waals surface area contributed by atoms with Crippen molar-refractivity contribution in [2.45, 2.75) is 0 Å². The lowest BCUT2D eigenvalue weighted by atomic mass is 9.96. The molecular weight excluding hydrogens is 239 g/mol. The minimum Gasteiger partial charge on any atom is -0.468 e. The lowest BCUT2D eigenvalue weighted by Gasteiger charge is -2.13. The maximum Gasteiger partial charge on any atom is 0.331 e. The highest BCUT2D eigenvalue weighted by molar-refractivity contribution is 6.22. The van der Waals surface area contributed by atoms with Crippen LogP contribution in [-0.2, 0) is 19.1 Å². The van der Waals surface area contributed by atoms with Gasteiger partial charge in [-0.25, -0.2) is 4.39 Å². The van der Waals surface area contributed by atoms with E-state index in [1.165, 1.54) is 44.6 Å². The van der Waals surface area contributed by atoms with Gasteiger partial charge >= 0.3 is 11.9 Å². The molecule has 0 aliphatic heterocycles. The fraction of sp³-hybridized carbons (Fsp3) is 0.231. The van der Waals surface area contributed by atoms with Crippen molar-refractivity contribution in [3.05, 3.63) is 41.7 Å². The van der Waals surface area contributed by atoms with E-state index < -0.39 is 17.4 Å². The highest BCUT2D eigenvalue weighted by Gasteiger charge is 2.60. The predicted octanol–water partition coefficient (Wildman–Crippen LogP) is 1.56. The molecule has 1 aromatic rings. The van der Waals surface area contributed by atoms with Gasteiger partial charge in [-0.2, -0.15) is 0 Å². The second-order valence-corrected chi connectivity index (χ2v) is 3.86. The summed E-state index contributed by atoms with van der Waals surface area (Å²) in [4.78, 5) is 23.4. The Labute approximate surface area is 103 Å². The lowest BCUT2D eigenvalue weighted by Crippen LogP contribution is -2.31. The van der Waals surface area contributed by atoms with Crippen LogP contribution in [0.4, 0.5) is 4.39 Å². The number of hydrogen-bond acceptors (Lipinski definition) is 4. The van der Waals surface area contributed by atoms with E-state index in [0.717, 1.165) is 0 Å². The molecule has 0 N–H and O–H groups in total. The fourth-order valence-corrected chi connectivity index (χ4v) is 1.86. The molecule has 0 aromatic heterocycles. The standard InChI is InChI=1S/C13H11FO4/c1-17-11(15)13(12(16)18-2)7-10(13)8-3-5-9(14)6-4-8/h3-7H,1-2H3. The summed E-state index contributed by atoms with van der Waals surface area (Å²) in [6.45, 7) is 0. The third kappa shape index (κ3) is 1.68. The molecule has 1 aliphatic rings. The van der Waals surface area contributed by atoms with Gasteiger partial charge in [0.1, 0.15) is 5.82 Å². The summed E-state index contributed by atoms with van der Waals surface area (Å²) in [6, 6.07) is 5.51. The SMILES string of the molecule is COC(=O)C1(C(=O)OC)C=C1c1ccc(F)cc1. The van der Waals surface area contributed by atoms with Gasteiger partial charge in [0.2, 0.25) is 5.41 Å². The van der Waals surface area contributed by atoms with Crippen molar-refractivity contribution in [2.75, 3.05) is 14.2 Å². The first kappa shape index (κ1) is 12.3.